The van der Waals surface area contributed by atoms with E-state index in [-0.39, 0.29) is 24.2 Å². The van der Waals surface area contributed by atoms with E-state index in [9.17, 15) is 0 Å². The SMILES string of the molecule is Cc1nn(CCO)cc1CN1C[C@@H](c2ccccc2)O[C@@H](C(C)(C)C)C1. The number of hydrogen-bond acceptors (Lipinski definition) is 4. The predicted octanol–water partition coefficient (Wildman–Crippen LogP) is 3.17. The summed E-state index contributed by atoms with van der Waals surface area (Å²) in [5.41, 5.74) is 3.58. The molecule has 2 aromatic rings. The van der Waals surface area contributed by atoms with Gasteiger partial charge in [0, 0.05) is 31.4 Å². The van der Waals surface area contributed by atoms with Gasteiger partial charge in [-0.25, -0.2) is 0 Å². The molecule has 142 valence electrons. The van der Waals surface area contributed by atoms with E-state index in [4.69, 9.17) is 9.84 Å². The maximum absolute atomic E-state index is 9.14. The third-order valence-electron chi connectivity index (χ3n) is 5.08. The first kappa shape index (κ1) is 19.1. The first-order valence-electron chi connectivity index (χ1n) is 9.43. The van der Waals surface area contributed by atoms with Gasteiger partial charge in [0.25, 0.3) is 0 Å². The number of aliphatic hydroxyl groups excluding tert-OH is 1. The Morgan fingerprint density at radius 1 is 1.19 bits per heavy atom. The molecule has 1 N–H and O–H groups in total. The highest BCUT2D eigenvalue weighted by Crippen LogP contribution is 2.34. The minimum Gasteiger partial charge on any atom is -0.394 e. The van der Waals surface area contributed by atoms with E-state index in [1.807, 2.05) is 17.7 Å². The summed E-state index contributed by atoms with van der Waals surface area (Å²) in [6.07, 6.45) is 2.32. The Morgan fingerprint density at radius 2 is 1.92 bits per heavy atom. The third kappa shape index (κ3) is 4.53. The molecule has 2 atom stereocenters. The van der Waals surface area contributed by atoms with Gasteiger partial charge in [-0.3, -0.25) is 9.58 Å². The van der Waals surface area contributed by atoms with Crippen LogP contribution in [0.25, 0.3) is 0 Å². The summed E-state index contributed by atoms with van der Waals surface area (Å²) in [6, 6.07) is 10.5. The Bertz CT molecular complexity index is 706. The van der Waals surface area contributed by atoms with Crippen molar-refractivity contribution in [1.82, 2.24) is 14.7 Å². The van der Waals surface area contributed by atoms with Gasteiger partial charge in [-0.1, -0.05) is 51.1 Å². The highest BCUT2D eigenvalue weighted by molar-refractivity contribution is 5.20. The Balaban J connectivity index is 1.79. The number of hydrogen-bond donors (Lipinski definition) is 1. The van der Waals surface area contributed by atoms with E-state index < -0.39 is 0 Å². The maximum Gasteiger partial charge on any atom is 0.0956 e. The second-order valence-electron chi connectivity index (χ2n) is 8.31. The summed E-state index contributed by atoms with van der Waals surface area (Å²) < 4.78 is 8.32. The van der Waals surface area contributed by atoms with Crippen molar-refractivity contribution in [2.45, 2.75) is 53.0 Å². The Kier molecular flexibility index (Phi) is 5.80. The lowest BCUT2D eigenvalue weighted by Gasteiger charge is -2.43. The molecule has 0 amide bonds. The predicted molar refractivity (Wildman–Crippen MR) is 103 cm³/mol. The van der Waals surface area contributed by atoms with Crippen LogP contribution in [0.1, 0.15) is 43.7 Å². The lowest BCUT2D eigenvalue weighted by atomic mass is 9.87. The van der Waals surface area contributed by atoms with Crippen LogP contribution in [0.2, 0.25) is 0 Å². The standard InChI is InChI=1S/C21H31N3O2/c1-16-18(13-24(22-16)10-11-25)12-23-14-19(17-8-6-5-7-9-17)26-20(15-23)21(2,3)4/h5-9,13,19-20,25H,10-12,14-15H2,1-4H3/t19-,20+/m0/s1. The maximum atomic E-state index is 9.14. The molecule has 1 saturated heterocycles. The highest BCUT2D eigenvalue weighted by atomic mass is 16.5. The van der Waals surface area contributed by atoms with Crippen LogP contribution >= 0.6 is 0 Å². The van der Waals surface area contributed by atoms with Gasteiger partial charge in [0.2, 0.25) is 0 Å². The number of aliphatic hydroxyl groups is 1. The number of rotatable bonds is 5. The molecular weight excluding hydrogens is 326 g/mol. The third-order valence-corrected chi connectivity index (χ3v) is 5.08. The topological polar surface area (TPSA) is 50.5 Å². The van der Waals surface area contributed by atoms with Crippen LogP contribution in [0, 0.1) is 12.3 Å². The van der Waals surface area contributed by atoms with Gasteiger partial charge in [0.05, 0.1) is 31.1 Å². The monoisotopic (exact) mass is 357 g/mol. The molecule has 0 aliphatic carbocycles. The Morgan fingerprint density at radius 3 is 2.58 bits per heavy atom. The van der Waals surface area contributed by atoms with E-state index in [1.54, 1.807) is 0 Å². The molecule has 26 heavy (non-hydrogen) atoms. The lowest BCUT2D eigenvalue weighted by Crippen LogP contribution is -2.48. The zero-order valence-electron chi connectivity index (χ0n) is 16.4. The van der Waals surface area contributed by atoms with E-state index >= 15 is 0 Å². The summed E-state index contributed by atoms with van der Waals surface area (Å²) in [5.74, 6) is 0. The van der Waals surface area contributed by atoms with Crippen LogP contribution < -0.4 is 0 Å². The molecule has 5 heteroatoms. The zero-order chi connectivity index (χ0) is 18.7. The minimum absolute atomic E-state index is 0.0851. The molecule has 2 heterocycles. The van der Waals surface area contributed by atoms with Crippen LogP contribution in [-0.4, -0.2) is 45.6 Å². The molecule has 1 aromatic heterocycles. The first-order valence-corrected chi connectivity index (χ1v) is 9.43. The molecule has 1 aliphatic heterocycles. The van der Waals surface area contributed by atoms with Crippen LogP contribution in [0.15, 0.2) is 36.5 Å². The van der Waals surface area contributed by atoms with Crippen LogP contribution in [0.3, 0.4) is 0 Å². The van der Waals surface area contributed by atoms with Crippen molar-refractivity contribution < 1.29 is 9.84 Å². The highest BCUT2D eigenvalue weighted by Gasteiger charge is 2.35. The fourth-order valence-corrected chi connectivity index (χ4v) is 3.46. The van der Waals surface area contributed by atoms with E-state index in [1.165, 1.54) is 11.1 Å². The van der Waals surface area contributed by atoms with Crippen LogP contribution in [0.5, 0.6) is 0 Å². The van der Waals surface area contributed by atoms with Gasteiger partial charge in [-0.2, -0.15) is 5.10 Å². The molecule has 1 aliphatic rings. The van der Waals surface area contributed by atoms with Crippen molar-refractivity contribution in [2.24, 2.45) is 5.41 Å². The summed E-state index contributed by atoms with van der Waals surface area (Å²) in [5, 5.41) is 13.6. The first-order chi connectivity index (χ1) is 12.4. The molecule has 0 radical (unpaired) electrons. The number of aromatic nitrogens is 2. The van der Waals surface area contributed by atoms with Gasteiger partial charge in [-0.05, 0) is 17.9 Å². The van der Waals surface area contributed by atoms with Crippen molar-refractivity contribution in [1.29, 1.82) is 0 Å². The summed E-state index contributed by atoms with van der Waals surface area (Å²) in [7, 11) is 0. The smallest absolute Gasteiger partial charge is 0.0956 e. The van der Waals surface area contributed by atoms with Crippen LogP contribution in [-0.2, 0) is 17.8 Å². The lowest BCUT2D eigenvalue weighted by molar-refractivity contribution is -0.131. The van der Waals surface area contributed by atoms with Crippen LogP contribution in [0.4, 0.5) is 0 Å². The number of ether oxygens (including phenoxy) is 1. The van der Waals surface area contributed by atoms with E-state index in [0.29, 0.717) is 6.54 Å². The average Bonchev–Trinajstić information content (AvgIpc) is 2.94. The van der Waals surface area contributed by atoms with Crippen molar-refractivity contribution in [3.8, 4) is 0 Å². The summed E-state index contributed by atoms with van der Waals surface area (Å²) in [4.78, 5) is 2.48. The van der Waals surface area contributed by atoms with E-state index in [2.05, 4.69) is 61.2 Å². The summed E-state index contributed by atoms with van der Waals surface area (Å²) >= 11 is 0. The fraction of sp³-hybridized carbons (Fsp3) is 0.571. The molecule has 0 saturated carbocycles. The fourth-order valence-electron chi connectivity index (χ4n) is 3.46. The molecule has 0 unspecified atom stereocenters. The minimum atomic E-state index is 0.0851. The van der Waals surface area contributed by atoms with Gasteiger partial charge in [0.1, 0.15) is 0 Å². The second kappa shape index (κ2) is 7.91. The molecule has 3 rings (SSSR count). The molecule has 0 bridgehead atoms. The van der Waals surface area contributed by atoms with Gasteiger partial charge >= 0.3 is 0 Å². The average molecular weight is 357 g/mol. The Labute approximate surface area is 156 Å². The molecule has 1 aromatic carbocycles. The number of nitrogens with zero attached hydrogens (tertiary/aromatic N) is 3. The zero-order valence-corrected chi connectivity index (χ0v) is 16.4. The Hall–Kier alpha value is -1.69. The van der Waals surface area contributed by atoms with Crippen molar-refractivity contribution in [3.05, 3.63) is 53.3 Å². The van der Waals surface area contributed by atoms with Crippen molar-refractivity contribution in [3.63, 3.8) is 0 Å². The second-order valence-corrected chi connectivity index (χ2v) is 8.31. The van der Waals surface area contributed by atoms with Crippen molar-refractivity contribution >= 4 is 0 Å². The largest absolute Gasteiger partial charge is 0.394 e. The number of aryl methyl sites for hydroxylation is 1. The van der Waals surface area contributed by atoms with Gasteiger partial charge in [-0.15, -0.1) is 0 Å². The van der Waals surface area contributed by atoms with Crippen molar-refractivity contribution in [2.75, 3.05) is 19.7 Å². The molecule has 1 fully saturated rings. The van der Waals surface area contributed by atoms with Gasteiger partial charge in [0.15, 0.2) is 0 Å². The number of morpholine rings is 1. The molecular formula is C21H31N3O2. The molecule has 5 nitrogen and oxygen atoms in total. The summed E-state index contributed by atoms with van der Waals surface area (Å²) in [6.45, 7) is 12.1. The normalized spacial score (nSPS) is 21.9. The molecule has 0 spiro atoms. The van der Waals surface area contributed by atoms with Gasteiger partial charge < -0.3 is 9.84 Å². The quantitative estimate of drug-likeness (QED) is 0.893. The van der Waals surface area contributed by atoms with E-state index in [0.717, 1.165) is 25.3 Å². The number of benzene rings is 1.